The first kappa shape index (κ1) is 16.5. The molecule has 1 fully saturated rings. The average molecular weight is 349 g/mol. The van der Waals surface area contributed by atoms with Crippen molar-refractivity contribution in [1.82, 2.24) is 4.90 Å². The average Bonchev–Trinajstić information content (AvgIpc) is 3.19. The minimum atomic E-state index is 0.214. The SMILES string of the molecule is NC[C@@H]1CN(C(=O)CCc2ccc(Cl)s2)C[C@H]1c1ccccc1. The van der Waals surface area contributed by atoms with Crippen molar-refractivity contribution < 1.29 is 4.79 Å². The first-order chi connectivity index (χ1) is 11.2. The largest absolute Gasteiger partial charge is 0.342 e. The van der Waals surface area contributed by atoms with Gasteiger partial charge in [0.15, 0.2) is 0 Å². The van der Waals surface area contributed by atoms with E-state index in [4.69, 9.17) is 17.3 Å². The zero-order valence-corrected chi connectivity index (χ0v) is 14.5. The number of benzene rings is 1. The smallest absolute Gasteiger partial charge is 0.222 e. The van der Waals surface area contributed by atoms with E-state index in [0.717, 1.165) is 28.7 Å². The molecule has 0 aliphatic carbocycles. The number of nitrogens with two attached hydrogens (primary N) is 1. The van der Waals surface area contributed by atoms with E-state index in [1.54, 1.807) is 11.3 Å². The summed E-state index contributed by atoms with van der Waals surface area (Å²) in [6.07, 6.45) is 1.30. The summed E-state index contributed by atoms with van der Waals surface area (Å²) in [6, 6.07) is 14.3. The first-order valence-electron chi connectivity index (χ1n) is 7.94. The van der Waals surface area contributed by atoms with Crippen molar-refractivity contribution in [1.29, 1.82) is 0 Å². The van der Waals surface area contributed by atoms with Crippen molar-refractivity contribution >= 4 is 28.8 Å². The number of nitrogens with zero attached hydrogens (tertiary/aromatic N) is 1. The molecular weight excluding hydrogens is 328 g/mol. The van der Waals surface area contributed by atoms with E-state index in [-0.39, 0.29) is 5.91 Å². The fourth-order valence-corrected chi connectivity index (χ4v) is 4.35. The van der Waals surface area contributed by atoms with Crippen LogP contribution in [0, 0.1) is 5.92 Å². The fourth-order valence-electron chi connectivity index (χ4n) is 3.27. The second-order valence-electron chi connectivity index (χ2n) is 6.02. The van der Waals surface area contributed by atoms with Crippen LogP contribution in [-0.4, -0.2) is 30.4 Å². The molecule has 1 amide bonds. The van der Waals surface area contributed by atoms with Crippen LogP contribution >= 0.6 is 22.9 Å². The maximum atomic E-state index is 12.5. The standard InChI is InChI=1S/C18H21ClN2OS/c19-17-8-6-15(23-17)7-9-18(22)21-11-14(10-20)16(12-21)13-4-2-1-3-5-13/h1-6,8,14,16H,7,9-12,20H2/t14-,16+/m1/s1. The van der Waals surface area contributed by atoms with Crippen LogP contribution in [0.5, 0.6) is 0 Å². The monoisotopic (exact) mass is 348 g/mol. The Morgan fingerprint density at radius 2 is 2.00 bits per heavy atom. The lowest BCUT2D eigenvalue weighted by Gasteiger charge is -2.16. The van der Waals surface area contributed by atoms with Gasteiger partial charge < -0.3 is 10.6 Å². The van der Waals surface area contributed by atoms with E-state index in [0.29, 0.717) is 24.8 Å². The van der Waals surface area contributed by atoms with E-state index in [9.17, 15) is 4.79 Å². The predicted molar refractivity (Wildman–Crippen MR) is 96.0 cm³/mol. The highest BCUT2D eigenvalue weighted by Gasteiger charge is 2.34. The third-order valence-electron chi connectivity index (χ3n) is 4.54. The number of hydrogen-bond donors (Lipinski definition) is 1. The normalized spacial score (nSPS) is 20.9. The molecule has 1 aromatic carbocycles. The van der Waals surface area contributed by atoms with Gasteiger partial charge in [0.2, 0.25) is 5.91 Å². The maximum Gasteiger partial charge on any atom is 0.222 e. The maximum absolute atomic E-state index is 12.5. The van der Waals surface area contributed by atoms with Crippen molar-refractivity contribution in [3.8, 4) is 0 Å². The molecule has 23 heavy (non-hydrogen) atoms. The van der Waals surface area contributed by atoms with Crippen LogP contribution in [0.2, 0.25) is 4.34 Å². The Morgan fingerprint density at radius 3 is 2.65 bits per heavy atom. The number of halogens is 1. The summed E-state index contributed by atoms with van der Waals surface area (Å²) in [7, 11) is 0. The molecule has 2 N–H and O–H groups in total. The van der Waals surface area contributed by atoms with Gasteiger partial charge in [-0.15, -0.1) is 11.3 Å². The molecule has 1 saturated heterocycles. The highest BCUT2D eigenvalue weighted by atomic mass is 35.5. The lowest BCUT2D eigenvalue weighted by Crippen LogP contribution is -2.29. The fraction of sp³-hybridized carbons (Fsp3) is 0.389. The highest BCUT2D eigenvalue weighted by molar-refractivity contribution is 7.16. The third-order valence-corrected chi connectivity index (χ3v) is 5.83. The third kappa shape index (κ3) is 3.94. The number of thiophene rings is 1. The molecule has 0 radical (unpaired) electrons. The summed E-state index contributed by atoms with van der Waals surface area (Å²) >= 11 is 7.49. The van der Waals surface area contributed by atoms with E-state index in [2.05, 4.69) is 12.1 Å². The van der Waals surface area contributed by atoms with Crippen molar-refractivity contribution in [2.75, 3.05) is 19.6 Å². The second kappa shape index (κ2) is 7.47. The van der Waals surface area contributed by atoms with Crippen LogP contribution in [0.15, 0.2) is 42.5 Å². The van der Waals surface area contributed by atoms with Gasteiger partial charge in [0.25, 0.3) is 0 Å². The van der Waals surface area contributed by atoms with E-state index >= 15 is 0 Å². The summed E-state index contributed by atoms with van der Waals surface area (Å²) in [5, 5.41) is 0. The molecule has 2 atom stereocenters. The summed E-state index contributed by atoms with van der Waals surface area (Å²) in [5.74, 6) is 0.908. The Bertz CT molecular complexity index is 658. The number of likely N-dealkylation sites (tertiary alicyclic amines) is 1. The summed E-state index contributed by atoms with van der Waals surface area (Å²) in [6.45, 7) is 2.15. The van der Waals surface area contributed by atoms with Gasteiger partial charge in [-0.25, -0.2) is 0 Å². The predicted octanol–water partition coefficient (Wildman–Crippen LogP) is 3.54. The Kier molecular flexibility index (Phi) is 5.36. The molecule has 1 aliphatic rings. The topological polar surface area (TPSA) is 46.3 Å². The summed E-state index contributed by atoms with van der Waals surface area (Å²) < 4.78 is 0.779. The molecule has 0 unspecified atom stereocenters. The molecule has 1 aromatic heterocycles. The first-order valence-corrected chi connectivity index (χ1v) is 9.14. The van der Waals surface area contributed by atoms with Gasteiger partial charge in [-0.2, -0.15) is 0 Å². The Labute approximate surface area is 146 Å². The van der Waals surface area contributed by atoms with Crippen LogP contribution in [0.25, 0.3) is 0 Å². The van der Waals surface area contributed by atoms with Crippen molar-refractivity contribution in [2.24, 2.45) is 11.7 Å². The zero-order chi connectivity index (χ0) is 16.2. The molecule has 2 heterocycles. The van der Waals surface area contributed by atoms with Gasteiger partial charge in [-0.05, 0) is 36.6 Å². The molecule has 0 spiro atoms. The Balaban J connectivity index is 1.61. The number of amides is 1. The molecule has 0 bridgehead atoms. The minimum absolute atomic E-state index is 0.214. The van der Waals surface area contributed by atoms with Gasteiger partial charge in [0.05, 0.1) is 4.34 Å². The number of carbonyl (C=O) groups excluding carboxylic acids is 1. The van der Waals surface area contributed by atoms with Crippen LogP contribution in [0.3, 0.4) is 0 Å². The van der Waals surface area contributed by atoms with E-state index in [1.165, 1.54) is 5.56 Å². The van der Waals surface area contributed by atoms with Gasteiger partial charge >= 0.3 is 0 Å². The number of hydrogen-bond acceptors (Lipinski definition) is 3. The van der Waals surface area contributed by atoms with Crippen molar-refractivity contribution in [2.45, 2.75) is 18.8 Å². The van der Waals surface area contributed by atoms with E-state index in [1.807, 2.05) is 35.2 Å². The molecule has 2 aromatic rings. The number of rotatable bonds is 5. The van der Waals surface area contributed by atoms with Crippen LogP contribution in [0.1, 0.15) is 22.8 Å². The molecular formula is C18H21ClN2OS. The lowest BCUT2D eigenvalue weighted by molar-refractivity contribution is -0.130. The van der Waals surface area contributed by atoms with Crippen LogP contribution in [0.4, 0.5) is 0 Å². The summed E-state index contributed by atoms with van der Waals surface area (Å²) in [4.78, 5) is 15.7. The zero-order valence-electron chi connectivity index (χ0n) is 13.0. The highest BCUT2D eigenvalue weighted by Crippen LogP contribution is 2.32. The van der Waals surface area contributed by atoms with Crippen molar-refractivity contribution in [3.63, 3.8) is 0 Å². The second-order valence-corrected chi connectivity index (χ2v) is 7.82. The lowest BCUT2D eigenvalue weighted by atomic mass is 9.89. The molecule has 3 rings (SSSR count). The van der Waals surface area contributed by atoms with Crippen LogP contribution < -0.4 is 5.73 Å². The van der Waals surface area contributed by atoms with Crippen molar-refractivity contribution in [3.05, 3.63) is 57.2 Å². The summed E-state index contributed by atoms with van der Waals surface area (Å²) in [5.41, 5.74) is 7.22. The molecule has 1 aliphatic heterocycles. The Morgan fingerprint density at radius 1 is 1.22 bits per heavy atom. The molecule has 122 valence electrons. The number of carbonyl (C=O) groups is 1. The Hall–Kier alpha value is -1.36. The van der Waals surface area contributed by atoms with Gasteiger partial charge in [-0.1, -0.05) is 41.9 Å². The quantitative estimate of drug-likeness (QED) is 0.898. The van der Waals surface area contributed by atoms with E-state index < -0.39 is 0 Å². The minimum Gasteiger partial charge on any atom is -0.342 e. The molecule has 3 nitrogen and oxygen atoms in total. The van der Waals surface area contributed by atoms with Crippen LogP contribution in [-0.2, 0) is 11.2 Å². The van der Waals surface area contributed by atoms with Gasteiger partial charge in [0, 0.05) is 30.3 Å². The number of aryl methyl sites for hydroxylation is 1. The molecule has 0 saturated carbocycles. The van der Waals surface area contributed by atoms with Gasteiger partial charge in [-0.3, -0.25) is 4.79 Å². The molecule has 5 heteroatoms. The van der Waals surface area contributed by atoms with Gasteiger partial charge in [0.1, 0.15) is 0 Å².